The van der Waals surface area contributed by atoms with Gasteiger partial charge in [-0.3, -0.25) is 0 Å². The lowest BCUT2D eigenvalue weighted by Gasteiger charge is -2.16. The van der Waals surface area contributed by atoms with Gasteiger partial charge in [0.1, 0.15) is 0 Å². The van der Waals surface area contributed by atoms with Gasteiger partial charge in [0.2, 0.25) is 0 Å². The molecule has 1 unspecified atom stereocenters. The highest BCUT2D eigenvalue weighted by atomic mass is 16.2. The SMILES string of the molecule is CNC(C)c1ccccc1NC(=O)NC1CC1. The van der Waals surface area contributed by atoms with Gasteiger partial charge in [0.25, 0.3) is 0 Å². The first-order valence-corrected chi connectivity index (χ1v) is 6.04. The third-order valence-corrected chi connectivity index (χ3v) is 3.02. The van der Waals surface area contributed by atoms with E-state index in [0.29, 0.717) is 6.04 Å². The number of rotatable bonds is 4. The lowest BCUT2D eigenvalue weighted by Crippen LogP contribution is -2.31. The third-order valence-electron chi connectivity index (χ3n) is 3.02. The Morgan fingerprint density at radius 1 is 1.35 bits per heavy atom. The number of urea groups is 1. The van der Waals surface area contributed by atoms with Gasteiger partial charge >= 0.3 is 6.03 Å². The fourth-order valence-corrected chi connectivity index (χ4v) is 1.72. The first-order chi connectivity index (χ1) is 8.20. The molecule has 3 N–H and O–H groups in total. The summed E-state index contributed by atoms with van der Waals surface area (Å²) in [5.41, 5.74) is 1.97. The van der Waals surface area contributed by atoms with Crippen molar-refractivity contribution in [3.8, 4) is 0 Å². The van der Waals surface area contributed by atoms with Crippen LogP contribution in [0, 0.1) is 0 Å². The minimum Gasteiger partial charge on any atom is -0.335 e. The first-order valence-electron chi connectivity index (χ1n) is 6.04. The summed E-state index contributed by atoms with van der Waals surface area (Å²) in [6.45, 7) is 2.07. The van der Waals surface area contributed by atoms with E-state index in [1.807, 2.05) is 31.3 Å². The monoisotopic (exact) mass is 233 g/mol. The Balaban J connectivity index is 2.05. The number of amides is 2. The van der Waals surface area contributed by atoms with E-state index in [-0.39, 0.29) is 12.1 Å². The Labute approximate surface area is 102 Å². The predicted octanol–water partition coefficient (Wildman–Crippen LogP) is 2.25. The standard InChI is InChI=1S/C13H19N3O/c1-9(14-2)11-5-3-4-6-12(11)16-13(17)15-10-7-8-10/h3-6,9-10,14H,7-8H2,1-2H3,(H2,15,16,17). The molecule has 1 aliphatic carbocycles. The van der Waals surface area contributed by atoms with Gasteiger partial charge in [0.15, 0.2) is 0 Å². The van der Waals surface area contributed by atoms with Crippen molar-refractivity contribution >= 4 is 11.7 Å². The van der Waals surface area contributed by atoms with Crippen LogP contribution in [0.1, 0.15) is 31.4 Å². The molecular formula is C13H19N3O. The molecule has 0 spiro atoms. The van der Waals surface area contributed by atoms with Gasteiger partial charge < -0.3 is 16.0 Å². The summed E-state index contributed by atoms with van der Waals surface area (Å²) in [4.78, 5) is 11.7. The topological polar surface area (TPSA) is 53.2 Å². The molecule has 0 heterocycles. The van der Waals surface area contributed by atoms with Crippen LogP contribution in [-0.4, -0.2) is 19.1 Å². The zero-order chi connectivity index (χ0) is 12.3. The van der Waals surface area contributed by atoms with E-state index in [1.54, 1.807) is 0 Å². The Hall–Kier alpha value is -1.55. The average Bonchev–Trinajstić information content (AvgIpc) is 3.12. The molecule has 2 amide bonds. The van der Waals surface area contributed by atoms with Crippen LogP contribution in [0.3, 0.4) is 0 Å². The van der Waals surface area contributed by atoms with E-state index < -0.39 is 0 Å². The van der Waals surface area contributed by atoms with Crippen LogP contribution < -0.4 is 16.0 Å². The summed E-state index contributed by atoms with van der Waals surface area (Å²) in [7, 11) is 1.91. The molecule has 1 saturated carbocycles. The number of hydrogen-bond acceptors (Lipinski definition) is 2. The lowest BCUT2D eigenvalue weighted by atomic mass is 10.1. The fraction of sp³-hybridized carbons (Fsp3) is 0.462. The second-order valence-corrected chi connectivity index (χ2v) is 4.47. The second kappa shape index (κ2) is 5.19. The Kier molecular flexibility index (Phi) is 3.64. The average molecular weight is 233 g/mol. The fourth-order valence-electron chi connectivity index (χ4n) is 1.72. The van der Waals surface area contributed by atoms with E-state index in [4.69, 9.17) is 0 Å². The smallest absolute Gasteiger partial charge is 0.319 e. The highest BCUT2D eigenvalue weighted by Crippen LogP contribution is 2.23. The minimum absolute atomic E-state index is 0.108. The molecule has 0 aromatic heterocycles. The second-order valence-electron chi connectivity index (χ2n) is 4.47. The highest BCUT2D eigenvalue weighted by molar-refractivity contribution is 5.90. The first kappa shape index (κ1) is 11.9. The minimum atomic E-state index is -0.108. The maximum absolute atomic E-state index is 11.7. The van der Waals surface area contributed by atoms with Crippen molar-refractivity contribution in [1.29, 1.82) is 0 Å². The summed E-state index contributed by atoms with van der Waals surface area (Å²) in [5.74, 6) is 0. The van der Waals surface area contributed by atoms with E-state index in [9.17, 15) is 4.79 Å². The third kappa shape index (κ3) is 3.20. The number of benzene rings is 1. The molecule has 1 aromatic rings. The van der Waals surface area contributed by atoms with Crippen molar-refractivity contribution in [3.63, 3.8) is 0 Å². The molecule has 1 atom stereocenters. The van der Waals surface area contributed by atoms with Crippen molar-refractivity contribution in [2.24, 2.45) is 0 Å². The van der Waals surface area contributed by atoms with Crippen LogP contribution >= 0.6 is 0 Å². The molecule has 92 valence electrons. The van der Waals surface area contributed by atoms with Crippen LogP contribution in [0.25, 0.3) is 0 Å². The summed E-state index contributed by atoms with van der Waals surface area (Å²) >= 11 is 0. The van der Waals surface area contributed by atoms with Gasteiger partial charge in [-0.2, -0.15) is 0 Å². The maximum atomic E-state index is 11.7. The largest absolute Gasteiger partial charge is 0.335 e. The van der Waals surface area contributed by atoms with E-state index in [0.717, 1.165) is 24.1 Å². The zero-order valence-electron chi connectivity index (χ0n) is 10.3. The van der Waals surface area contributed by atoms with Crippen LogP contribution in [0.5, 0.6) is 0 Å². The van der Waals surface area contributed by atoms with Crippen molar-refractivity contribution < 1.29 is 4.79 Å². The zero-order valence-corrected chi connectivity index (χ0v) is 10.3. The number of hydrogen-bond donors (Lipinski definition) is 3. The Morgan fingerprint density at radius 2 is 2.06 bits per heavy atom. The molecule has 0 saturated heterocycles. The molecule has 1 fully saturated rings. The molecule has 4 nitrogen and oxygen atoms in total. The summed E-state index contributed by atoms with van der Waals surface area (Å²) in [6.07, 6.45) is 2.20. The lowest BCUT2D eigenvalue weighted by molar-refractivity contribution is 0.251. The summed E-state index contributed by atoms with van der Waals surface area (Å²) in [6, 6.07) is 8.34. The van der Waals surface area contributed by atoms with E-state index >= 15 is 0 Å². The quantitative estimate of drug-likeness (QED) is 0.747. The van der Waals surface area contributed by atoms with Crippen molar-refractivity contribution in [3.05, 3.63) is 29.8 Å². The number of carbonyl (C=O) groups is 1. The number of anilines is 1. The number of carbonyl (C=O) groups excluding carboxylic acids is 1. The van der Waals surface area contributed by atoms with Crippen LogP contribution in [0.4, 0.5) is 10.5 Å². The Morgan fingerprint density at radius 3 is 2.71 bits per heavy atom. The summed E-state index contributed by atoms with van der Waals surface area (Å²) < 4.78 is 0. The summed E-state index contributed by atoms with van der Waals surface area (Å²) in [5, 5.41) is 9.00. The van der Waals surface area contributed by atoms with Gasteiger partial charge in [0.05, 0.1) is 0 Å². The van der Waals surface area contributed by atoms with E-state index in [2.05, 4.69) is 22.9 Å². The molecule has 0 radical (unpaired) electrons. The van der Waals surface area contributed by atoms with Crippen molar-refractivity contribution in [2.75, 3.05) is 12.4 Å². The Bertz CT molecular complexity index is 401. The molecule has 0 bridgehead atoms. The maximum Gasteiger partial charge on any atom is 0.319 e. The molecule has 1 aliphatic rings. The van der Waals surface area contributed by atoms with E-state index in [1.165, 1.54) is 0 Å². The van der Waals surface area contributed by atoms with Crippen LogP contribution in [-0.2, 0) is 0 Å². The van der Waals surface area contributed by atoms with Crippen molar-refractivity contribution in [1.82, 2.24) is 10.6 Å². The molecule has 17 heavy (non-hydrogen) atoms. The number of nitrogens with one attached hydrogen (secondary N) is 3. The van der Waals surface area contributed by atoms with Gasteiger partial charge in [-0.15, -0.1) is 0 Å². The van der Waals surface area contributed by atoms with Gasteiger partial charge in [-0.25, -0.2) is 4.79 Å². The number of para-hydroxylation sites is 1. The van der Waals surface area contributed by atoms with Crippen LogP contribution in [0.15, 0.2) is 24.3 Å². The van der Waals surface area contributed by atoms with Gasteiger partial charge in [0, 0.05) is 17.8 Å². The van der Waals surface area contributed by atoms with Crippen molar-refractivity contribution in [2.45, 2.75) is 31.8 Å². The molecule has 4 heteroatoms. The molecular weight excluding hydrogens is 214 g/mol. The normalized spacial score (nSPS) is 16.4. The molecule has 0 aliphatic heterocycles. The molecule has 1 aromatic carbocycles. The highest BCUT2D eigenvalue weighted by Gasteiger charge is 2.23. The van der Waals surface area contributed by atoms with Gasteiger partial charge in [-0.05, 0) is 38.4 Å². The van der Waals surface area contributed by atoms with Gasteiger partial charge in [-0.1, -0.05) is 18.2 Å². The molecule has 2 rings (SSSR count). The van der Waals surface area contributed by atoms with Crippen LogP contribution in [0.2, 0.25) is 0 Å². The predicted molar refractivity (Wildman–Crippen MR) is 69.1 cm³/mol.